The molecule has 0 saturated heterocycles. The molecule has 0 aliphatic rings. The number of nitrogens with zero attached hydrogens (tertiary/aromatic N) is 4. The normalized spacial score (nSPS) is 11.1. The minimum Gasteiger partial charge on any atom is -0.497 e. The summed E-state index contributed by atoms with van der Waals surface area (Å²) in [6.07, 6.45) is 2.02. The first-order valence-electron chi connectivity index (χ1n) is 10.3. The van der Waals surface area contributed by atoms with Crippen LogP contribution >= 0.6 is 11.8 Å². The number of rotatable bonds is 5. The van der Waals surface area contributed by atoms with Gasteiger partial charge in [0.1, 0.15) is 22.7 Å². The zero-order valence-electron chi connectivity index (χ0n) is 18.1. The highest BCUT2D eigenvalue weighted by atomic mass is 32.2. The van der Waals surface area contributed by atoms with Crippen molar-refractivity contribution in [2.24, 2.45) is 0 Å². The Bertz CT molecular complexity index is 1400. The molecule has 0 saturated carbocycles. The van der Waals surface area contributed by atoms with Crippen LogP contribution < -0.4 is 4.74 Å². The van der Waals surface area contributed by atoms with E-state index in [-0.39, 0.29) is 0 Å². The highest BCUT2D eigenvalue weighted by Crippen LogP contribution is 2.36. The van der Waals surface area contributed by atoms with E-state index in [4.69, 9.17) is 19.8 Å². The van der Waals surface area contributed by atoms with Crippen molar-refractivity contribution in [3.8, 4) is 39.7 Å². The van der Waals surface area contributed by atoms with Crippen LogP contribution in [-0.4, -0.2) is 32.9 Å². The summed E-state index contributed by atoms with van der Waals surface area (Å²) in [5, 5.41) is 5.73. The van der Waals surface area contributed by atoms with Crippen molar-refractivity contribution in [3.05, 3.63) is 84.4 Å². The van der Waals surface area contributed by atoms with Crippen LogP contribution in [0.3, 0.4) is 0 Å². The fraction of sp³-hybridized carbons (Fsp3) is 0.115. The smallest absolute Gasteiger partial charge is 0.189 e. The lowest BCUT2D eigenvalue weighted by Crippen LogP contribution is -2.02. The van der Waals surface area contributed by atoms with Gasteiger partial charge in [0.25, 0.3) is 0 Å². The number of imidazole rings is 1. The second-order valence-corrected chi connectivity index (χ2v) is 8.23. The van der Waals surface area contributed by atoms with Crippen molar-refractivity contribution >= 4 is 17.3 Å². The number of aryl methyl sites for hydroxylation is 1. The molecule has 0 amide bonds. The standard InChI is InChI=1S/C26H22N4OS/c1-17-12-14-19(15-13-17)25-27-23(20-10-7-11-21(16-20)31-2)24-22(18-8-5-4-6-9-18)28-26(32-3)30(24)29-25/h4-16H,1-3H3. The van der Waals surface area contributed by atoms with Crippen molar-refractivity contribution in [1.29, 1.82) is 0 Å². The summed E-state index contributed by atoms with van der Waals surface area (Å²) in [7, 11) is 1.67. The summed E-state index contributed by atoms with van der Waals surface area (Å²) < 4.78 is 7.41. The van der Waals surface area contributed by atoms with E-state index in [2.05, 4.69) is 43.3 Å². The predicted octanol–water partition coefficient (Wildman–Crippen LogP) is 6.16. The number of hydrogen-bond donors (Lipinski definition) is 0. The van der Waals surface area contributed by atoms with E-state index in [0.29, 0.717) is 5.82 Å². The maximum Gasteiger partial charge on any atom is 0.189 e. The van der Waals surface area contributed by atoms with Gasteiger partial charge >= 0.3 is 0 Å². The third-order valence-corrected chi connectivity index (χ3v) is 5.97. The molecule has 5 rings (SSSR count). The third kappa shape index (κ3) is 3.63. The summed E-state index contributed by atoms with van der Waals surface area (Å²) in [4.78, 5) is 9.99. The number of aromatic nitrogens is 4. The Kier molecular flexibility index (Phi) is 5.37. The van der Waals surface area contributed by atoms with E-state index >= 15 is 0 Å². The van der Waals surface area contributed by atoms with Gasteiger partial charge in [-0.25, -0.2) is 14.5 Å². The molecule has 0 spiro atoms. The number of methoxy groups -OCH3 is 1. The minimum absolute atomic E-state index is 0.655. The van der Waals surface area contributed by atoms with Gasteiger partial charge in [0, 0.05) is 16.7 Å². The molecule has 0 unspecified atom stereocenters. The summed E-state index contributed by atoms with van der Waals surface area (Å²) in [6.45, 7) is 2.07. The van der Waals surface area contributed by atoms with Gasteiger partial charge in [-0.2, -0.15) is 0 Å². The third-order valence-electron chi connectivity index (χ3n) is 5.34. The average molecular weight is 439 g/mol. The monoisotopic (exact) mass is 438 g/mol. The van der Waals surface area contributed by atoms with Gasteiger partial charge in [-0.3, -0.25) is 0 Å². The Morgan fingerprint density at radius 1 is 0.781 bits per heavy atom. The number of fused-ring (bicyclic) bond motifs is 1. The van der Waals surface area contributed by atoms with Gasteiger partial charge in [0.15, 0.2) is 11.0 Å². The molecule has 6 heteroatoms. The maximum absolute atomic E-state index is 5.49. The van der Waals surface area contributed by atoms with Gasteiger partial charge in [0.2, 0.25) is 0 Å². The topological polar surface area (TPSA) is 52.3 Å². The summed E-state index contributed by atoms with van der Waals surface area (Å²) in [5.74, 6) is 1.43. The maximum atomic E-state index is 5.49. The fourth-order valence-corrected chi connectivity index (χ4v) is 4.19. The van der Waals surface area contributed by atoms with Crippen LogP contribution in [0.4, 0.5) is 0 Å². The Hall–Kier alpha value is -3.64. The first-order chi connectivity index (χ1) is 15.7. The van der Waals surface area contributed by atoms with Crippen molar-refractivity contribution in [1.82, 2.24) is 19.6 Å². The lowest BCUT2D eigenvalue weighted by molar-refractivity contribution is 0.415. The van der Waals surface area contributed by atoms with Gasteiger partial charge < -0.3 is 4.74 Å². The Morgan fingerprint density at radius 3 is 2.22 bits per heavy atom. The highest BCUT2D eigenvalue weighted by Gasteiger charge is 2.21. The lowest BCUT2D eigenvalue weighted by atomic mass is 10.1. The van der Waals surface area contributed by atoms with Gasteiger partial charge in [-0.1, -0.05) is 84.1 Å². The second-order valence-electron chi connectivity index (χ2n) is 7.46. The van der Waals surface area contributed by atoms with Crippen molar-refractivity contribution in [2.45, 2.75) is 12.1 Å². The molecule has 0 N–H and O–H groups in total. The first kappa shape index (κ1) is 20.3. The quantitative estimate of drug-likeness (QED) is 0.307. The van der Waals surface area contributed by atoms with Crippen LogP contribution in [0.1, 0.15) is 5.56 Å². The zero-order chi connectivity index (χ0) is 22.1. The minimum atomic E-state index is 0.655. The van der Waals surface area contributed by atoms with E-state index in [1.165, 1.54) is 5.56 Å². The zero-order valence-corrected chi connectivity index (χ0v) is 18.9. The largest absolute Gasteiger partial charge is 0.497 e. The molecule has 0 fully saturated rings. The Labute approximate surface area is 191 Å². The fourth-order valence-electron chi connectivity index (χ4n) is 3.70. The van der Waals surface area contributed by atoms with Gasteiger partial charge in [-0.05, 0) is 25.3 Å². The molecule has 2 heterocycles. The molecular weight excluding hydrogens is 416 g/mol. The van der Waals surface area contributed by atoms with Gasteiger partial charge in [0.05, 0.1) is 7.11 Å². The Balaban J connectivity index is 1.86. The van der Waals surface area contributed by atoms with Crippen LogP contribution in [0.15, 0.2) is 84.0 Å². The molecule has 0 aliphatic heterocycles. The van der Waals surface area contributed by atoms with Gasteiger partial charge in [-0.15, -0.1) is 5.10 Å². The molecule has 158 valence electrons. The molecule has 2 aromatic heterocycles. The molecule has 0 aliphatic carbocycles. The molecule has 5 aromatic rings. The second kappa shape index (κ2) is 8.48. The Morgan fingerprint density at radius 2 is 1.50 bits per heavy atom. The van der Waals surface area contributed by atoms with Crippen LogP contribution in [-0.2, 0) is 0 Å². The molecule has 0 atom stereocenters. The number of thioether (sulfide) groups is 1. The molecule has 0 bridgehead atoms. The van der Waals surface area contributed by atoms with Crippen molar-refractivity contribution in [2.75, 3.05) is 13.4 Å². The summed E-state index contributed by atoms with van der Waals surface area (Å²) in [5.41, 5.74) is 6.70. The van der Waals surface area contributed by atoms with Crippen molar-refractivity contribution in [3.63, 3.8) is 0 Å². The predicted molar refractivity (Wildman–Crippen MR) is 130 cm³/mol. The van der Waals surface area contributed by atoms with E-state index in [1.807, 2.05) is 53.2 Å². The molecule has 5 nitrogen and oxygen atoms in total. The lowest BCUT2D eigenvalue weighted by Gasteiger charge is -2.11. The molecular formula is C26H22N4OS. The van der Waals surface area contributed by atoms with Crippen LogP contribution in [0.5, 0.6) is 5.75 Å². The van der Waals surface area contributed by atoms with E-state index < -0.39 is 0 Å². The van der Waals surface area contributed by atoms with E-state index in [9.17, 15) is 0 Å². The number of ether oxygens (including phenoxy) is 1. The van der Waals surface area contributed by atoms with Crippen molar-refractivity contribution < 1.29 is 4.74 Å². The number of hydrogen-bond acceptors (Lipinski definition) is 5. The average Bonchev–Trinajstić information content (AvgIpc) is 3.23. The van der Waals surface area contributed by atoms with Crippen LogP contribution in [0.25, 0.3) is 39.4 Å². The first-order valence-corrected chi connectivity index (χ1v) is 11.5. The highest BCUT2D eigenvalue weighted by molar-refractivity contribution is 7.98. The molecule has 3 aromatic carbocycles. The van der Waals surface area contributed by atoms with Crippen LogP contribution in [0.2, 0.25) is 0 Å². The van der Waals surface area contributed by atoms with Crippen LogP contribution in [0, 0.1) is 6.92 Å². The summed E-state index contributed by atoms with van der Waals surface area (Å²) >= 11 is 1.57. The summed E-state index contributed by atoms with van der Waals surface area (Å²) in [6, 6.07) is 26.4. The molecule has 32 heavy (non-hydrogen) atoms. The molecule has 0 radical (unpaired) electrons. The number of benzene rings is 3. The SMILES string of the molecule is COc1cccc(-c2nc(-c3ccc(C)cc3)nn3c(SC)nc(-c4ccccc4)c23)c1. The van der Waals surface area contributed by atoms with E-state index in [0.717, 1.165) is 44.5 Å². The van der Waals surface area contributed by atoms with E-state index in [1.54, 1.807) is 18.9 Å².